The minimum absolute atomic E-state index is 0.252. The van der Waals surface area contributed by atoms with Crippen LogP contribution in [0.4, 0.5) is 5.82 Å². The van der Waals surface area contributed by atoms with Crippen LogP contribution in [0.1, 0.15) is 17.6 Å². The van der Waals surface area contributed by atoms with E-state index in [-0.39, 0.29) is 12.4 Å². The van der Waals surface area contributed by atoms with Crippen molar-refractivity contribution in [3.63, 3.8) is 0 Å². The molecule has 0 aromatic carbocycles. The Morgan fingerprint density at radius 3 is 2.90 bits per heavy atom. The third-order valence-electron chi connectivity index (χ3n) is 2.65. The average molecular weight is 295 g/mol. The fourth-order valence-corrected chi connectivity index (χ4v) is 2.48. The first-order valence-electron chi connectivity index (χ1n) is 5.57. The Morgan fingerprint density at radius 1 is 1.50 bits per heavy atom. The van der Waals surface area contributed by atoms with Gasteiger partial charge in [0.1, 0.15) is 29.8 Å². The maximum Gasteiger partial charge on any atom is 0.410 e. The highest BCUT2D eigenvalue weighted by Crippen LogP contribution is 2.32. The summed E-state index contributed by atoms with van der Waals surface area (Å²) in [7, 11) is 0. The number of hydrogen-bond acceptors (Lipinski definition) is 8. The second-order valence-corrected chi connectivity index (χ2v) is 5.01. The molecular weight excluding hydrogens is 286 g/mol. The van der Waals surface area contributed by atoms with E-state index in [9.17, 15) is 10.1 Å². The standard InChI is InChI=1S/C10H9N5O4S/c1-10(18-2-3-19-10)7-6-20-9(12-7)5-14-11-4-8(13-14)15(16)17/h2-4,6H,5H2,1H3. The van der Waals surface area contributed by atoms with Gasteiger partial charge in [0, 0.05) is 12.3 Å². The monoisotopic (exact) mass is 295 g/mol. The molecule has 0 bridgehead atoms. The van der Waals surface area contributed by atoms with Gasteiger partial charge in [0.2, 0.25) is 0 Å². The minimum Gasteiger partial charge on any atom is -0.452 e. The molecule has 0 saturated carbocycles. The maximum atomic E-state index is 10.5. The molecule has 0 fully saturated rings. The predicted molar refractivity (Wildman–Crippen MR) is 66.6 cm³/mol. The van der Waals surface area contributed by atoms with Gasteiger partial charge in [-0.05, 0) is 4.92 Å². The van der Waals surface area contributed by atoms with Crippen molar-refractivity contribution in [3.8, 4) is 0 Å². The molecule has 2 aromatic rings. The highest BCUT2D eigenvalue weighted by Gasteiger charge is 2.34. The molecule has 9 nitrogen and oxygen atoms in total. The quantitative estimate of drug-likeness (QED) is 0.619. The van der Waals surface area contributed by atoms with Crippen molar-refractivity contribution in [2.24, 2.45) is 0 Å². The Labute approximate surface area is 116 Å². The van der Waals surface area contributed by atoms with Crippen molar-refractivity contribution in [3.05, 3.63) is 44.9 Å². The zero-order valence-electron chi connectivity index (χ0n) is 10.3. The van der Waals surface area contributed by atoms with Crippen LogP contribution in [-0.4, -0.2) is 24.9 Å². The van der Waals surface area contributed by atoms with Crippen molar-refractivity contribution in [2.75, 3.05) is 0 Å². The zero-order chi connectivity index (χ0) is 14.2. The fourth-order valence-electron chi connectivity index (χ4n) is 1.62. The van der Waals surface area contributed by atoms with Crippen molar-refractivity contribution < 1.29 is 14.4 Å². The lowest BCUT2D eigenvalue weighted by molar-refractivity contribution is -0.389. The summed E-state index contributed by atoms with van der Waals surface area (Å²) >= 11 is 1.38. The molecule has 20 heavy (non-hydrogen) atoms. The summed E-state index contributed by atoms with van der Waals surface area (Å²) in [6, 6.07) is 0. The molecule has 3 heterocycles. The molecule has 3 rings (SSSR count). The molecule has 10 heteroatoms. The highest BCUT2D eigenvalue weighted by molar-refractivity contribution is 7.09. The largest absolute Gasteiger partial charge is 0.452 e. The van der Waals surface area contributed by atoms with Crippen molar-refractivity contribution in [1.29, 1.82) is 0 Å². The van der Waals surface area contributed by atoms with Gasteiger partial charge in [-0.25, -0.2) is 4.98 Å². The molecular formula is C10H9N5O4S. The van der Waals surface area contributed by atoms with E-state index in [0.29, 0.717) is 10.7 Å². The summed E-state index contributed by atoms with van der Waals surface area (Å²) in [5.41, 5.74) is 0.629. The highest BCUT2D eigenvalue weighted by atomic mass is 32.1. The first-order valence-corrected chi connectivity index (χ1v) is 6.45. The van der Waals surface area contributed by atoms with Gasteiger partial charge >= 0.3 is 5.82 Å². The normalized spacial score (nSPS) is 15.8. The lowest BCUT2D eigenvalue weighted by Gasteiger charge is -2.20. The average Bonchev–Trinajstić information content (AvgIpc) is 3.10. The van der Waals surface area contributed by atoms with E-state index in [1.54, 1.807) is 12.3 Å². The van der Waals surface area contributed by atoms with Gasteiger partial charge in [-0.2, -0.15) is 0 Å². The van der Waals surface area contributed by atoms with E-state index in [4.69, 9.17) is 9.47 Å². The van der Waals surface area contributed by atoms with Crippen LogP contribution in [-0.2, 0) is 21.8 Å². The SMILES string of the molecule is CC1(c2csc(Cn3ncc([N+](=O)[O-])n3)n2)OC=CO1. The second-order valence-electron chi connectivity index (χ2n) is 4.07. The van der Waals surface area contributed by atoms with Crippen molar-refractivity contribution >= 4 is 17.2 Å². The third kappa shape index (κ3) is 2.20. The van der Waals surface area contributed by atoms with Gasteiger partial charge in [-0.3, -0.25) is 0 Å². The molecule has 2 aromatic heterocycles. The molecule has 0 unspecified atom stereocenters. The number of hydrogen-bond donors (Lipinski definition) is 0. The van der Waals surface area contributed by atoms with E-state index in [1.165, 1.54) is 28.7 Å². The number of nitrogens with zero attached hydrogens (tertiary/aromatic N) is 5. The van der Waals surface area contributed by atoms with Gasteiger partial charge in [-0.15, -0.1) is 16.4 Å². The van der Waals surface area contributed by atoms with E-state index in [1.807, 2.05) is 0 Å². The third-order valence-corrected chi connectivity index (χ3v) is 3.48. The molecule has 0 atom stereocenters. The molecule has 1 aliphatic rings. The Bertz CT molecular complexity index is 671. The fraction of sp³-hybridized carbons (Fsp3) is 0.300. The van der Waals surface area contributed by atoms with Crippen LogP contribution in [0.25, 0.3) is 0 Å². The number of ether oxygens (including phenoxy) is 2. The summed E-state index contributed by atoms with van der Waals surface area (Å²) in [4.78, 5) is 15.5. The first-order chi connectivity index (χ1) is 9.57. The lowest BCUT2D eigenvalue weighted by Crippen LogP contribution is -2.22. The van der Waals surface area contributed by atoms with Crippen molar-refractivity contribution in [2.45, 2.75) is 19.3 Å². The number of nitro groups is 1. The minimum atomic E-state index is -0.918. The van der Waals surface area contributed by atoms with Gasteiger partial charge in [0.25, 0.3) is 5.79 Å². The van der Waals surface area contributed by atoms with E-state index in [2.05, 4.69) is 15.2 Å². The summed E-state index contributed by atoms with van der Waals surface area (Å²) in [6.45, 7) is 2.00. The molecule has 104 valence electrons. The van der Waals surface area contributed by atoms with Crippen LogP contribution in [0.5, 0.6) is 0 Å². The first kappa shape index (κ1) is 12.5. The van der Waals surface area contributed by atoms with E-state index >= 15 is 0 Å². The van der Waals surface area contributed by atoms with Crippen molar-refractivity contribution in [1.82, 2.24) is 20.0 Å². The van der Waals surface area contributed by atoms with E-state index in [0.717, 1.165) is 6.20 Å². The van der Waals surface area contributed by atoms with Crippen LogP contribution in [0.2, 0.25) is 0 Å². The Hall–Kier alpha value is -2.49. The van der Waals surface area contributed by atoms with Gasteiger partial charge in [-0.1, -0.05) is 4.80 Å². The lowest BCUT2D eigenvalue weighted by atomic mass is 10.2. The van der Waals surface area contributed by atoms with Gasteiger partial charge < -0.3 is 19.6 Å². The number of thiazole rings is 1. The van der Waals surface area contributed by atoms with Gasteiger partial charge in [0.15, 0.2) is 6.20 Å². The summed E-state index contributed by atoms with van der Waals surface area (Å²) in [5.74, 6) is -1.21. The van der Waals surface area contributed by atoms with Crippen LogP contribution in [0.15, 0.2) is 24.1 Å². The Balaban J connectivity index is 1.75. The maximum absolute atomic E-state index is 10.5. The summed E-state index contributed by atoms with van der Waals surface area (Å²) < 4.78 is 10.7. The Morgan fingerprint density at radius 2 is 2.25 bits per heavy atom. The number of aromatic nitrogens is 4. The molecule has 0 amide bonds. The summed E-state index contributed by atoms with van der Waals surface area (Å²) in [6.07, 6.45) is 4.01. The predicted octanol–water partition coefficient (Wildman–Crippen LogP) is 1.38. The molecule has 0 saturated heterocycles. The van der Waals surface area contributed by atoms with E-state index < -0.39 is 10.7 Å². The molecule has 0 N–H and O–H groups in total. The molecule has 0 aliphatic carbocycles. The summed E-state index contributed by atoms with van der Waals surface area (Å²) in [5, 5.41) is 20.6. The molecule has 1 aliphatic heterocycles. The zero-order valence-corrected chi connectivity index (χ0v) is 11.1. The van der Waals surface area contributed by atoms with Crippen LogP contribution in [0.3, 0.4) is 0 Å². The van der Waals surface area contributed by atoms with Crippen LogP contribution < -0.4 is 0 Å². The smallest absolute Gasteiger partial charge is 0.410 e. The van der Waals surface area contributed by atoms with Crippen LogP contribution >= 0.6 is 11.3 Å². The van der Waals surface area contributed by atoms with Crippen LogP contribution in [0, 0.1) is 10.1 Å². The van der Waals surface area contributed by atoms with Gasteiger partial charge in [0.05, 0.1) is 5.10 Å². The molecule has 0 spiro atoms. The number of rotatable bonds is 4. The topological polar surface area (TPSA) is 105 Å². The second kappa shape index (κ2) is 4.56. The molecule has 0 radical (unpaired) electrons. The Kier molecular flexibility index (Phi) is 2.86.